The minimum absolute atomic E-state index is 0.210. The molecule has 0 bridgehead atoms. The van der Waals surface area contributed by atoms with E-state index in [4.69, 9.17) is 4.42 Å². The second-order valence-corrected chi connectivity index (χ2v) is 5.69. The third-order valence-electron chi connectivity index (χ3n) is 3.90. The van der Waals surface area contributed by atoms with Crippen LogP contribution in [-0.2, 0) is 0 Å². The molecule has 3 rings (SSSR count). The fourth-order valence-electron chi connectivity index (χ4n) is 2.46. The highest BCUT2D eigenvalue weighted by molar-refractivity contribution is 5.92. The average molecular weight is 323 g/mol. The van der Waals surface area contributed by atoms with Crippen LogP contribution in [0.25, 0.3) is 11.3 Å². The van der Waals surface area contributed by atoms with Gasteiger partial charge in [-0.15, -0.1) is 0 Å². The van der Waals surface area contributed by atoms with Crippen LogP contribution in [0.3, 0.4) is 0 Å². The van der Waals surface area contributed by atoms with Gasteiger partial charge in [-0.05, 0) is 47.9 Å². The van der Waals surface area contributed by atoms with Crippen LogP contribution in [0.1, 0.15) is 29.0 Å². The second kappa shape index (κ2) is 7.13. The second-order valence-electron chi connectivity index (χ2n) is 5.69. The Morgan fingerprint density at radius 2 is 1.75 bits per heavy atom. The molecule has 1 atom stereocenters. The van der Waals surface area contributed by atoms with E-state index in [1.807, 2.05) is 30.3 Å². The van der Waals surface area contributed by atoms with Gasteiger partial charge in [0.2, 0.25) is 0 Å². The van der Waals surface area contributed by atoms with Crippen molar-refractivity contribution in [1.29, 1.82) is 0 Å². The van der Waals surface area contributed by atoms with Crippen molar-refractivity contribution in [2.24, 2.45) is 0 Å². The van der Waals surface area contributed by atoms with E-state index in [0.717, 1.165) is 5.56 Å². The standard InChI is InChI=1S/C20H18FNO2/c1-14(15-5-3-2-4-6-15)13-22-20(23)19-12-11-18(24-19)16-7-9-17(21)10-8-16/h2-12,14H,13H2,1H3,(H,22,23)/t14-/m0/s1. The molecule has 24 heavy (non-hydrogen) atoms. The van der Waals surface area contributed by atoms with E-state index in [9.17, 15) is 9.18 Å². The van der Waals surface area contributed by atoms with Crippen LogP contribution in [0.15, 0.2) is 71.1 Å². The lowest BCUT2D eigenvalue weighted by Gasteiger charge is -2.12. The third-order valence-corrected chi connectivity index (χ3v) is 3.90. The lowest BCUT2D eigenvalue weighted by molar-refractivity contribution is 0.0925. The molecule has 1 N–H and O–H groups in total. The van der Waals surface area contributed by atoms with Crippen molar-refractivity contribution in [2.45, 2.75) is 12.8 Å². The summed E-state index contributed by atoms with van der Waals surface area (Å²) in [4.78, 5) is 12.2. The zero-order valence-electron chi connectivity index (χ0n) is 13.3. The van der Waals surface area contributed by atoms with Gasteiger partial charge in [0.1, 0.15) is 11.6 Å². The van der Waals surface area contributed by atoms with Gasteiger partial charge in [-0.25, -0.2) is 4.39 Å². The average Bonchev–Trinajstić information content (AvgIpc) is 3.11. The molecule has 4 heteroatoms. The van der Waals surface area contributed by atoms with Gasteiger partial charge >= 0.3 is 0 Å². The Balaban J connectivity index is 1.63. The molecular formula is C20H18FNO2. The highest BCUT2D eigenvalue weighted by Gasteiger charge is 2.14. The zero-order valence-corrected chi connectivity index (χ0v) is 13.3. The molecule has 0 spiro atoms. The third kappa shape index (κ3) is 3.71. The van der Waals surface area contributed by atoms with Crippen LogP contribution in [0.4, 0.5) is 4.39 Å². The monoisotopic (exact) mass is 323 g/mol. The summed E-state index contributed by atoms with van der Waals surface area (Å²) >= 11 is 0. The smallest absolute Gasteiger partial charge is 0.287 e. The van der Waals surface area contributed by atoms with Crippen LogP contribution in [0.5, 0.6) is 0 Å². The summed E-state index contributed by atoms with van der Waals surface area (Å²) in [6, 6.07) is 19.3. The number of hydrogen-bond acceptors (Lipinski definition) is 2. The molecule has 0 aliphatic rings. The molecule has 0 aliphatic carbocycles. The summed E-state index contributed by atoms with van der Waals surface area (Å²) in [6.45, 7) is 2.58. The number of furan rings is 1. The Kier molecular flexibility index (Phi) is 4.75. The molecule has 0 saturated heterocycles. The normalized spacial score (nSPS) is 11.9. The Morgan fingerprint density at radius 1 is 1.04 bits per heavy atom. The molecule has 3 aromatic rings. The quantitative estimate of drug-likeness (QED) is 0.744. The minimum atomic E-state index is -0.307. The van der Waals surface area contributed by atoms with Crippen molar-refractivity contribution in [3.05, 3.63) is 83.9 Å². The van der Waals surface area contributed by atoms with Crippen LogP contribution in [0, 0.1) is 5.82 Å². The molecular weight excluding hydrogens is 305 g/mol. The van der Waals surface area contributed by atoms with Gasteiger partial charge in [-0.3, -0.25) is 4.79 Å². The maximum absolute atomic E-state index is 13.0. The maximum Gasteiger partial charge on any atom is 0.287 e. The SMILES string of the molecule is C[C@@H](CNC(=O)c1ccc(-c2ccc(F)cc2)o1)c1ccccc1. The first-order valence-corrected chi connectivity index (χ1v) is 7.82. The van der Waals surface area contributed by atoms with Crippen molar-refractivity contribution in [1.82, 2.24) is 5.32 Å². The molecule has 0 saturated carbocycles. The van der Waals surface area contributed by atoms with E-state index in [1.165, 1.54) is 17.7 Å². The number of hydrogen-bond donors (Lipinski definition) is 1. The molecule has 0 unspecified atom stereocenters. The van der Waals surface area contributed by atoms with Crippen LogP contribution < -0.4 is 5.32 Å². The lowest BCUT2D eigenvalue weighted by Crippen LogP contribution is -2.27. The van der Waals surface area contributed by atoms with Gasteiger partial charge in [-0.2, -0.15) is 0 Å². The van der Waals surface area contributed by atoms with E-state index in [1.54, 1.807) is 24.3 Å². The summed E-state index contributed by atoms with van der Waals surface area (Å²) in [5, 5.41) is 2.88. The van der Waals surface area contributed by atoms with Gasteiger partial charge in [0.25, 0.3) is 5.91 Å². The van der Waals surface area contributed by atoms with E-state index in [0.29, 0.717) is 12.3 Å². The number of benzene rings is 2. The van der Waals surface area contributed by atoms with Crippen molar-refractivity contribution in [3.8, 4) is 11.3 Å². The molecule has 0 fully saturated rings. The number of rotatable bonds is 5. The zero-order chi connectivity index (χ0) is 16.9. The lowest BCUT2D eigenvalue weighted by atomic mass is 10.0. The Labute approximate surface area is 140 Å². The Morgan fingerprint density at radius 3 is 2.46 bits per heavy atom. The van der Waals surface area contributed by atoms with Gasteiger partial charge in [0.15, 0.2) is 5.76 Å². The van der Waals surface area contributed by atoms with Crippen LogP contribution >= 0.6 is 0 Å². The fourth-order valence-corrected chi connectivity index (χ4v) is 2.46. The summed E-state index contributed by atoms with van der Waals surface area (Å²) < 4.78 is 18.5. The Bertz CT molecular complexity index is 809. The number of amides is 1. The van der Waals surface area contributed by atoms with Crippen molar-refractivity contribution in [2.75, 3.05) is 6.54 Å². The molecule has 1 amide bonds. The predicted molar refractivity (Wildman–Crippen MR) is 91.3 cm³/mol. The molecule has 2 aromatic carbocycles. The van der Waals surface area contributed by atoms with Gasteiger partial charge in [0, 0.05) is 12.1 Å². The predicted octanol–water partition coefficient (Wildman–Crippen LogP) is 4.62. The van der Waals surface area contributed by atoms with Crippen LogP contribution in [-0.4, -0.2) is 12.5 Å². The molecule has 0 radical (unpaired) electrons. The van der Waals surface area contributed by atoms with E-state index in [2.05, 4.69) is 12.2 Å². The summed E-state index contributed by atoms with van der Waals surface area (Å²) in [5.41, 5.74) is 1.90. The number of carbonyl (C=O) groups is 1. The Hall–Kier alpha value is -2.88. The molecule has 0 aliphatic heterocycles. The van der Waals surface area contributed by atoms with Crippen molar-refractivity contribution < 1.29 is 13.6 Å². The number of carbonyl (C=O) groups excluding carboxylic acids is 1. The van der Waals surface area contributed by atoms with Crippen molar-refractivity contribution in [3.63, 3.8) is 0 Å². The fraction of sp³-hybridized carbons (Fsp3) is 0.150. The topological polar surface area (TPSA) is 42.2 Å². The minimum Gasteiger partial charge on any atom is -0.451 e. The molecule has 1 heterocycles. The highest BCUT2D eigenvalue weighted by atomic mass is 19.1. The van der Waals surface area contributed by atoms with E-state index in [-0.39, 0.29) is 23.4 Å². The van der Waals surface area contributed by atoms with Crippen LogP contribution in [0.2, 0.25) is 0 Å². The van der Waals surface area contributed by atoms with E-state index < -0.39 is 0 Å². The maximum atomic E-state index is 13.0. The summed E-state index contributed by atoms with van der Waals surface area (Å²) in [6.07, 6.45) is 0. The summed E-state index contributed by atoms with van der Waals surface area (Å²) in [5.74, 6) is 0.428. The first-order chi connectivity index (χ1) is 11.6. The van der Waals surface area contributed by atoms with E-state index >= 15 is 0 Å². The molecule has 122 valence electrons. The van der Waals surface area contributed by atoms with Gasteiger partial charge in [-0.1, -0.05) is 37.3 Å². The van der Waals surface area contributed by atoms with Gasteiger partial charge < -0.3 is 9.73 Å². The van der Waals surface area contributed by atoms with Gasteiger partial charge in [0.05, 0.1) is 0 Å². The molecule has 3 nitrogen and oxygen atoms in total. The first-order valence-electron chi connectivity index (χ1n) is 7.82. The van der Waals surface area contributed by atoms with Crippen molar-refractivity contribution >= 4 is 5.91 Å². The molecule has 1 aromatic heterocycles. The number of nitrogens with one attached hydrogen (secondary N) is 1. The largest absolute Gasteiger partial charge is 0.451 e. The highest BCUT2D eigenvalue weighted by Crippen LogP contribution is 2.22. The first kappa shape index (κ1) is 16.0. The summed E-state index contributed by atoms with van der Waals surface area (Å²) in [7, 11) is 0. The number of halogens is 1.